The normalized spacial score (nSPS) is 17.7. The summed E-state index contributed by atoms with van der Waals surface area (Å²) in [6.07, 6.45) is 1.93. The number of benzene rings is 1. The fraction of sp³-hybridized carbons (Fsp3) is 0.476. The van der Waals surface area contributed by atoms with Gasteiger partial charge in [0.25, 0.3) is 5.78 Å². The highest BCUT2D eigenvalue weighted by molar-refractivity contribution is 5.53. The van der Waals surface area contributed by atoms with Crippen LogP contribution in [0.2, 0.25) is 0 Å². The molecule has 0 radical (unpaired) electrons. The van der Waals surface area contributed by atoms with Crippen molar-refractivity contribution < 1.29 is 0 Å². The highest BCUT2D eigenvalue weighted by Crippen LogP contribution is 2.25. The predicted octanol–water partition coefficient (Wildman–Crippen LogP) is 3.41. The Bertz CT molecular complexity index is 947. The van der Waals surface area contributed by atoms with E-state index in [1.165, 1.54) is 11.3 Å². The lowest BCUT2D eigenvalue weighted by Gasteiger charge is -2.42. The number of aryl methyl sites for hydroxylation is 3. The average Bonchev–Trinajstić information content (AvgIpc) is 3.03. The fourth-order valence-electron chi connectivity index (χ4n) is 3.92. The number of aromatic nitrogens is 4. The molecule has 0 spiro atoms. The highest BCUT2D eigenvalue weighted by atomic mass is 15.4. The molecule has 6 nitrogen and oxygen atoms in total. The van der Waals surface area contributed by atoms with Crippen LogP contribution in [0.15, 0.2) is 30.3 Å². The highest BCUT2D eigenvalue weighted by Gasteiger charge is 2.26. The van der Waals surface area contributed by atoms with E-state index >= 15 is 0 Å². The third-order valence-corrected chi connectivity index (χ3v) is 5.22. The number of piperazine rings is 1. The van der Waals surface area contributed by atoms with Crippen molar-refractivity contribution in [2.45, 2.75) is 46.6 Å². The topological polar surface area (TPSA) is 49.6 Å². The molecule has 6 heteroatoms. The molecule has 2 aromatic heterocycles. The van der Waals surface area contributed by atoms with E-state index in [4.69, 9.17) is 5.10 Å². The van der Waals surface area contributed by atoms with Gasteiger partial charge < -0.3 is 9.80 Å². The first-order valence-electron chi connectivity index (χ1n) is 9.86. The first-order chi connectivity index (χ1) is 13.0. The van der Waals surface area contributed by atoms with Crippen molar-refractivity contribution in [3.63, 3.8) is 0 Å². The van der Waals surface area contributed by atoms with Crippen molar-refractivity contribution in [2.24, 2.45) is 0 Å². The molecule has 1 aromatic carbocycles. The molecule has 4 rings (SSSR count). The molecule has 1 saturated heterocycles. The van der Waals surface area contributed by atoms with Crippen molar-refractivity contribution in [1.82, 2.24) is 19.6 Å². The molecule has 3 heterocycles. The van der Waals surface area contributed by atoms with Crippen LogP contribution in [0.5, 0.6) is 0 Å². The lowest BCUT2D eigenvalue weighted by atomic mass is 10.1. The molecule has 0 aliphatic carbocycles. The van der Waals surface area contributed by atoms with E-state index in [-0.39, 0.29) is 0 Å². The number of hydrogen-bond acceptors (Lipinski definition) is 5. The van der Waals surface area contributed by atoms with Crippen molar-refractivity contribution >= 4 is 17.3 Å². The quantitative estimate of drug-likeness (QED) is 0.710. The summed E-state index contributed by atoms with van der Waals surface area (Å²) in [5.41, 5.74) is 3.60. The molecule has 1 atom stereocenters. The van der Waals surface area contributed by atoms with Crippen LogP contribution in [0.25, 0.3) is 5.78 Å². The molecule has 1 aliphatic rings. The Balaban J connectivity index is 1.62. The third-order valence-electron chi connectivity index (χ3n) is 5.22. The minimum absolute atomic E-state index is 0.419. The predicted molar refractivity (Wildman–Crippen MR) is 110 cm³/mol. The summed E-state index contributed by atoms with van der Waals surface area (Å²) in [7, 11) is 0. The molecule has 0 saturated carbocycles. The SMILES string of the molecule is CCCc1nc2nc(C)cc(N3CCN(c4cccc(C)c4)[C@H](C)C3)n2n1. The van der Waals surface area contributed by atoms with Crippen LogP contribution in [-0.2, 0) is 6.42 Å². The van der Waals surface area contributed by atoms with Gasteiger partial charge in [0.1, 0.15) is 5.82 Å². The summed E-state index contributed by atoms with van der Waals surface area (Å²) in [6.45, 7) is 11.5. The molecule has 3 aromatic rings. The zero-order valence-corrected chi connectivity index (χ0v) is 16.7. The van der Waals surface area contributed by atoms with Crippen LogP contribution in [0.4, 0.5) is 11.5 Å². The molecular formula is C21H28N6. The van der Waals surface area contributed by atoms with E-state index in [9.17, 15) is 0 Å². The van der Waals surface area contributed by atoms with Crippen molar-refractivity contribution in [1.29, 1.82) is 0 Å². The van der Waals surface area contributed by atoms with Gasteiger partial charge in [-0.15, -0.1) is 5.10 Å². The van der Waals surface area contributed by atoms with Crippen molar-refractivity contribution in [2.75, 3.05) is 29.4 Å². The summed E-state index contributed by atoms with van der Waals surface area (Å²) in [5.74, 6) is 2.69. The van der Waals surface area contributed by atoms with Gasteiger partial charge in [-0.25, -0.2) is 4.98 Å². The zero-order valence-electron chi connectivity index (χ0n) is 16.7. The third kappa shape index (κ3) is 3.48. The van der Waals surface area contributed by atoms with E-state index in [1.807, 2.05) is 11.4 Å². The van der Waals surface area contributed by atoms with Crippen LogP contribution in [-0.4, -0.2) is 45.3 Å². The van der Waals surface area contributed by atoms with Crippen LogP contribution >= 0.6 is 0 Å². The molecule has 0 amide bonds. The van der Waals surface area contributed by atoms with E-state index in [0.29, 0.717) is 11.8 Å². The van der Waals surface area contributed by atoms with Crippen LogP contribution < -0.4 is 9.80 Å². The van der Waals surface area contributed by atoms with Gasteiger partial charge in [0.05, 0.1) is 0 Å². The maximum Gasteiger partial charge on any atom is 0.254 e. The molecule has 27 heavy (non-hydrogen) atoms. The Hall–Kier alpha value is -2.63. The average molecular weight is 364 g/mol. The fourth-order valence-corrected chi connectivity index (χ4v) is 3.92. The van der Waals surface area contributed by atoms with Crippen LogP contribution in [0.3, 0.4) is 0 Å². The standard InChI is InChI=1S/C21H28N6/c1-5-7-19-23-21-22-16(3)13-20(27(21)24-19)25-10-11-26(17(4)14-25)18-9-6-8-15(2)12-18/h6,8-9,12-13,17H,5,7,10-11,14H2,1-4H3/t17-/m1/s1. The minimum atomic E-state index is 0.419. The van der Waals surface area contributed by atoms with Crippen LogP contribution in [0, 0.1) is 13.8 Å². The molecule has 0 unspecified atom stereocenters. The molecule has 0 N–H and O–H groups in total. The monoisotopic (exact) mass is 364 g/mol. The summed E-state index contributed by atoms with van der Waals surface area (Å²) in [6, 6.07) is 11.3. The number of nitrogens with zero attached hydrogens (tertiary/aromatic N) is 6. The first kappa shape index (κ1) is 17.8. The van der Waals surface area contributed by atoms with E-state index < -0.39 is 0 Å². The van der Waals surface area contributed by atoms with Gasteiger partial charge in [-0.3, -0.25) is 0 Å². The smallest absolute Gasteiger partial charge is 0.254 e. The number of rotatable bonds is 4. The van der Waals surface area contributed by atoms with Gasteiger partial charge in [0, 0.05) is 49.5 Å². The molecule has 1 aliphatic heterocycles. The summed E-state index contributed by atoms with van der Waals surface area (Å²) < 4.78 is 1.92. The Morgan fingerprint density at radius 1 is 1.11 bits per heavy atom. The van der Waals surface area contributed by atoms with E-state index in [0.717, 1.165) is 49.8 Å². The maximum atomic E-state index is 4.72. The van der Waals surface area contributed by atoms with Crippen molar-refractivity contribution in [3.8, 4) is 0 Å². The second-order valence-electron chi connectivity index (χ2n) is 7.57. The number of fused-ring (bicyclic) bond motifs is 1. The van der Waals surface area contributed by atoms with Crippen LogP contribution in [0.1, 0.15) is 37.4 Å². The lowest BCUT2D eigenvalue weighted by Crippen LogP contribution is -2.52. The second-order valence-corrected chi connectivity index (χ2v) is 7.57. The first-order valence-corrected chi connectivity index (χ1v) is 9.86. The van der Waals surface area contributed by atoms with Gasteiger partial charge in [-0.1, -0.05) is 19.1 Å². The molecule has 0 bridgehead atoms. The molecule has 1 fully saturated rings. The maximum absolute atomic E-state index is 4.72. The number of anilines is 2. The van der Waals surface area contributed by atoms with E-state index in [1.54, 1.807) is 0 Å². The zero-order chi connectivity index (χ0) is 19.0. The minimum Gasteiger partial charge on any atom is -0.365 e. The lowest BCUT2D eigenvalue weighted by molar-refractivity contribution is 0.543. The summed E-state index contributed by atoms with van der Waals surface area (Å²) in [4.78, 5) is 14.1. The number of hydrogen-bond donors (Lipinski definition) is 0. The van der Waals surface area contributed by atoms with Gasteiger partial charge >= 0.3 is 0 Å². The largest absolute Gasteiger partial charge is 0.365 e. The van der Waals surface area contributed by atoms with Crippen molar-refractivity contribution in [3.05, 3.63) is 47.4 Å². The van der Waals surface area contributed by atoms with E-state index in [2.05, 4.69) is 70.9 Å². The molecular weight excluding hydrogens is 336 g/mol. The second kappa shape index (κ2) is 7.18. The Labute approximate surface area is 160 Å². The summed E-state index contributed by atoms with van der Waals surface area (Å²) in [5, 5.41) is 4.72. The summed E-state index contributed by atoms with van der Waals surface area (Å²) >= 11 is 0. The molecule has 142 valence electrons. The Morgan fingerprint density at radius 2 is 1.96 bits per heavy atom. The van der Waals surface area contributed by atoms with Gasteiger partial charge in [-0.05, 0) is 44.9 Å². The van der Waals surface area contributed by atoms with Gasteiger partial charge in [0.2, 0.25) is 0 Å². The van der Waals surface area contributed by atoms with Gasteiger partial charge in [0.15, 0.2) is 5.82 Å². The Kier molecular flexibility index (Phi) is 4.72. The van der Waals surface area contributed by atoms with Gasteiger partial charge in [-0.2, -0.15) is 9.50 Å². The Morgan fingerprint density at radius 3 is 2.70 bits per heavy atom.